The maximum Gasteiger partial charge on any atom is 0.348 e. The molecule has 90 valence electrons. The van der Waals surface area contributed by atoms with Crippen LogP contribution in [0.15, 0.2) is 6.07 Å². The summed E-state index contributed by atoms with van der Waals surface area (Å²) in [5.74, 6) is -0.952. The molecule has 0 spiro atoms. The van der Waals surface area contributed by atoms with Gasteiger partial charge in [-0.25, -0.2) is 4.79 Å². The molecule has 2 aromatic rings. The average molecular weight is 267 g/mol. The molecule has 0 fully saturated rings. The lowest BCUT2D eigenvalue weighted by Crippen LogP contribution is -1.97. The average Bonchev–Trinajstić information content (AvgIpc) is 2.71. The topological polar surface area (TPSA) is 63.3 Å². The van der Waals surface area contributed by atoms with Crippen LogP contribution in [0.5, 0.6) is 0 Å². The summed E-state index contributed by atoms with van der Waals surface area (Å²) in [6.45, 7) is 5.99. The second-order valence-corrected chi connectivity index (χ2v) is 6.23. The van der Waals surface area contributed by atoms with Crippen molar-refractivity contribution in [3.63, 3.8) is 0 Å². The second kappa shape index (κ2) is 4.16. The molecule has 0 saturated carbocycles. The van der Waals surface area contributed by atoms with Gasteiger partial charge in [-0.2, -0.15) is 0 Å². The smallest absolute Gasteiger partial charge is 0.348 e. The summed E-state index contributed by atoms with van der Waals surface area (Å²) < 4.78 is 0. The lowest BCUT2D eigenvalue weighted by Gasteiger charge is -1.94. The van der Waals surface area contributed by atoms with Crippen LogP contribution in [0.25, 0.3) is 9.75 Å². The van der Waals surface area contributed by atoms with E-state index in [0.29, 0.717) is 5.69 Å². The van der Waals surface area contributed by atoms with Gasteiger partial charge in [-0.1, -0.05) is 0 Å². The van der Waals surface area contributed by atoms with Crippen molar-refractivity contribution in [1.82, 2.24) is 0 Å². The first-order valence-corrected chi connectivity index (χ1v) is 6.74. The number of aromatic carboxylic acids is 1. The van der Waals surface area contributed by atoms with Crippen LogP contribution in [0, 0.1) is 20.8 Å². The number of carboxylic acids is 1. The summed E-state index contributed by atoms with van der Waals surface area (Å²) in [6.07, 6.45) is 0. The number of aryl methyl sites for hydroxylation is 2. The first-order valence-electron chi connectivity index (χ1n) is 5.11. The third-order valence-electron chi connectivity index (χ3n) is 2.78. The highest BCUT2D eigenvalue weighted by Crippen LogP contribution is 2.41. The van der Waals surface area contributed by atoms with Crippen molar-refractivity contribution in [1.29, 1.82) is 0 Å². The van der Waals surface area contributed by atoms with E-state index in [1.54, 1.807) is 11.3 Å². The number of carbonyl (C=O) groups is 1. The Labute approximate surface area is 108 Å². The zero-order valence-corrected chi connectivity index (χ0v) is 11.5. The molecule has 2 rings (SSSR count). The van der Waals surface area contributed by atoms with E-state index < -0.39 is 5.97 Å². The zero-order valence-electron chi connectivity index (χ0n) is 9.83. The Morgan fingerprint density at radius 2 is 1.94 bits per heavy atom. The number of nitrogens with two attached hydrogens (primary N) is 1. The van der Waals surface area contributed by atoms with Gasteiger partial charge < -0.3 is 10.8 Å². The predicted molar refractivity (Wildman–Crippen MR) is 73.2 cm³/mol. The molecular formula is C12H13NO2S2. The van der Waals surface area contributed by atoms with Gasteiger partial charge >= 0.3 is 5.97 Å². The molecule has 5 heteroatoms. The Hall–Kier alpha value is -1.33. The SMILES string of the molecule is Cc1cc(-c2sc(C(=O)O)c(N)c2C)sc1C. The van der Waals surface area contributed by atoms with E-state index in [2.05, 4.69) is 19.9 Å². The number of carboxylic acid groups (broad SMARTS) is 1. The number of anilines is 1. The predicted octanol–water partition coefficient (Wildman–Crippen LogP) is 3.68. The van der Waals surface area contributed by atoms with E-state index in [0.717, 1.165) is 15.3 Å². The van der Waals surface area contributed by atoms with Crippen molar-refractivity contribution >= 4 is 34.3 Å². The summed E-state index contributed by atoms with van der Waals surface area (Å²) >= 11 is 2.93. The van der Waals surface area contributed by atoms with Crippen molar-refractivity contribution in [2.24, 2.45) is 0 Å². The van der Waals surface area contributed by atoms with Gasteiger partial charge in [0.25, 0.3) is 0 Å². The molecule has 0 bridgehead atoms. The molecule has 2 heterocycles. The third kappa shape index (κ3) is 1.96. The van der Waals surface area contributed by atoms with Crippen molar-refractivity contribution in [3.8, 4) is 9.75 Å². The Morgan fingerprint density at radius 3 is 2.35 bits per heavy atom. The number of hydrogen-bond acceptors (Lipinski definition) is 4. The molecule has 0 aliphatic rings. The van der Waals surface area contributed by atoms with Crippen LogP contribution in [0.1, 0.15) is 25.7 Å². The molecule has 3 nitrogen and oxygen atoms in total. The summed E-state index contributed by atoms with van der Waals surface area (Å²) in [7, 11) is 0. The lowest BCUT2D eigenvalue weighted by atomic mass is 10.2. The van der Waals surface area contributed by atoms with Crippen molar-refractivity contribution in [3.05, 3.63) is 26.9 Å². The Bertz CT molecular complexity index is 576. The molecule has 0 amide bonds. The normalized spacial score (nSPS) is 10.8. The molecule has 0 aliphatic heterocycles. The number of hydrogen-bond donors (Lipinski definition) is 2. The fourth-order valence-corrected chi connectivity index (χ4v) is 3.86. The molecule has 0 atom stereocenters. The monoisotopic (exact) mass is 267 g/mol. The van der Waals surface area contributed by atoms with Crippen LogP contribution in [0.3, 0.4) is 0 Å². The van der Waals surface area contributed by atoms with Gasteiger partial charge in [-0.05, 0) is 38.0 Å². The maximum atomic E-state index is 11.0. The standard InChI is InChI=1S/C12H13NO2S2/c1-5-4-8(16-7(5)3)10-6(2)9(13)11(17-10)12(14)15/h4H,13H2,1-3H3,(H,14,15). The molecular weight excluding hydrogens is 254 g/mol. The largest absolute Gasteiger partial charge is 0.477 e. The molecule has 0 aromatic carbocycles. The summed E-state index contributed by atoms with van der Waals surface area (Å²) in [6, 6.07) is 2.09. The van der Waals surface area contributed by atoms with E-state index in [4.69, 9.17) is 10.8 Å². The van der Waals surface area contributed by atoms with E-state index in [9.17, 15) is 4.79 Å². The molecule has 0 aliphatic carbocycles. The highest BCUT2D eigenvalue weighted by Gasteiger charge is 2.19. The Balaban J connectivity index is 2.60. The summed E-state index contributed by atoms with van der Waals surface area (Å²) in [5, 5.41) is 9.04. The van der Waals surface area contributed by atoms with E-state index in [-0.39, 0.29) is 4.88 Å². The zero-order chi connectivity index (χ0) is 12.7. The molecule has 0 unspecified atom stereocenters. The first-order chi connectivity index (χ1) is 7.91. The minimum absolute atomic E-state index is 0.237. The third-order valence-corrected chi connectivity index (χ3v) is 5.41. The fraction of sp³-hybridized carbons (Fsp3) is 0.250. The van der Waals surface area contributed by atoms with E-state index in [1.165, 1.54) is 21.8 Å². The van der Waals surface area contributed by atoms with Crippen LogP contribution in [0.2, 0.25) is 0 Å². The summed E-state index contributed by atoms with van der Waals surface area (Å²) in [4.78, 5) is 14.6. The van der Waals surface area contributed by atoms with Crippen molar-refractivity contribution < 1.29 is 9.90 Å². The van der Waals surface area contributed by atoms with Crippen molar-refractivity contribution in [2.75, 3.05) is 5.73 Å². The lowest BCUT2D eigenvalue weighted by molar-refractivity contribution is 0.0703. The number of thiophene rings is 2. The summed E-state index contributed by atoms with van der Waals surface area (Å²) in [5.41, 5.74) is 8.31. The van der Waals surface area contributed by atoms with Crippen LogP contribution >= 0.6 is 22.7 Å². The van der Waals surface area contributed by atoms with Gasteiger partial charge in [0, 0.05) is 9.75 Å². The van der Waals surface area contributed by atoms with Gasteiger partial charge in [0.15, 0.2) is 0 Å². The van der Waals surface area contributed by atoms with Gasteiger partial charge in [-0.15, -0.1) is 22.7 Å². The highest BCUT2D eigenvalue weighted by atomic mass is 32.1. The molecule has 3 N–H and O–H groups in total. The van der Waals surface area contributed by atoms with Gasteiger partial charge in [0.2, 0.25) is 0 Å². The molecule has 2 aromatic heterocycles. The van der Waals surface area contributed by atoms with E-state index in [1.807, 2.05) is 6.92 Å². The van der Waals surface area contributed by atoms with Crippen LogP contribution in [-0.2, 0) is 0 Å². The fourth-order valence-electron chi connectivity index (χ4n) is 1.61. The van der Waals surface area contributed by atoms with Crippen LogP contribution < -0.4 is 5.73 Å². The van der Waals surface area contributed by atoms with Gasteiger partial charge in [-0.3, -0.25) is 0 Å². The quantitative estimate of drug-likeness (QED) is 0.872. The number of rotatable bonds is 2. The minimum Gasteiger partial charge on any atom is -0.477 e. The van der Waals surface area contributed by atoms with E-state index >= 15 is 0 Å². The molecule has 0 radical (unpaired) electrons. The van der Waals surface area contributed by atoms with Crippen LogP contribution in [-0.4, -0.2) is 11.1 Å². The van der Waals surface area contributed by atoms with Crippen LogP contribution in [0.4, 0.5) is 5.69 Å². The maximum absolute atomic E-state index is 11.0. The molecule has 17 heavy (non-hydrogen) atoms. The van der Waals surface area contributed by atoms with Crippen molar-refractivity contribution in [2.45, 2.75) is 20.8 Å². The Kier molecular flexibility index (Phi) is 2.97. The first kappa shape index (κ1) is 12.1. The Morgan fingerprint density at radius 1 is 1.29 bits per heavy atom. The molecule has 0 saturated heterocycles. The van der Waals surface area contributed by atoms with Gasteiger partial charge in [0.1, 0.15) is 4.88 Å². The second-order valence-electron chi connectivity index (χ2n) is 3.95. The minimum atomic E-state index is -0.952. The van der Waals surface area contributed by atoms with Gasteiger partial charge in [0.05, 0.1) is 10.6 Å². The number of nitrogen functional groups attached to an aromatic ring is 1. The highest BCUT2D eigenvalue weighted by molar-refractivity contribution is 7.23.